The molecule has 0 N–H and O–H groups in total. The van der Waals surface area contributed by atoms with Gasteiger partial charge in [-0.15, -0.1) is 0 Å². The van der Waals surface area contributed by atoms with Crippen LogP contribution in [0, 0.1) is 0 Å². The summed E-state index contributed by atoms with van der Waals surface area (Å²) >= 11 is 0. The Morgan fingerprint density at radius 3 is 2.65 bits per heavy atom. The van der Waals surface area contributed by atoms with Crippen LogP contribution in [0.3, 0.4) is 0 Å². The minimum absolute atomic E-state index is 0.00245. The number of pyridine rings is 1. The summed E-state index contributed by atoms with van der Waals surface area (Å²) < 4.78 is 8.09. The van der Waals surface area contributed by atoms with Crippen molar-refractivity contribution in [3.8, 4) is 22.4 Å². The number of ether oxygens (including phenoxy) is 1. The third-order valence-electron chi connectivity index (χ3n) is 4.85. The molecule has 1 fully saturated rings. The summed E-state index contributed by atoms with van der Waals surface area (Å²) in [4.78, 5) is 6.27. The Balaban J connectivity index is 1.86. The monoisotopic (exact) mass is 348 g/mol. The highest BCUT2D eigenvalue weighted by molar-refractivity contribution is 5.82. The topological polar surface area (TPSA) is 43.2 Å². The summed E-state index contributed by atoms with van der Waals surface area (Å²) in [6.45, 7) is 0.798. The molecule has 2 aromatic heterocycles. The van der Waals surface area contributed by atoms with E-state index in [1.165, 1.54) is 12.1 Å². The average Bonchev–Trinajstić information content (AvgIpc) is 3.14. The molecule has 1 saturated heterocycles. The molecule has 0 saturated carbocycles. The third-order valence-corrected chi connectivity index (χ3v) is 4.85. The number of benzene rings is 1. The van der Waals surface area contributed by atoms with Crippen LogP contribution in [0.4, 0.5) is 5.69 Å². The smallest absolute Gasteiger partial charge is 0.150 e. The Kier molecular flexibility index (Phi) is 4.71. The molecule has 0 aliphatic carbocycles. The number of rotatable bonds is 4. The zero-order valence-electron chi connectivity index (χ0n) is 15.3. The van der Waals surface area contributed by atoms with Gasteiger partial charge in [-0.2, -0.15) is 5.10 Å². The Hall–Kier alpha value is -2.66. The van der Waals surface area contributed by atoms with E-state index in [9.17, 15) is 0 Å². The molecular formula is C21H24N4O. The van der Waals surface area contributed by atoms with Gasteiger partial charge in [-0.3, -0.25) is 4.98 Å². The van der Waals surface area contributed by atoms with Crippen molar-refractivity contribution in [2.24, 2.45) is 0 Å². The van der Waals surface area contributed by atoms with E-state index in [4.69, 9.17) is 9.84 Å². The molecule has 0 bridgehead atoms. The molecule has 1 aliphatic heterocycles. The van der Waals surface area contributed by atoms with Crippen molar-refractivity contribution < 1.29 is 4.74 Å². The first-order chi connectivity index (χ1) is 12.7. The fraction of sp³-hybridized carbons (Fsp3) is 0.333. The van der Waals surface area contributed by atoms with Crippen LogP contribution in [0.25, 0.3) is 22.4 Å². The van der Waals surface area contributed by atoms with Crippen LogP contribution in [0.15, 0.2) is 55.0 Å². The molecule has 0 amide bonds. The zero-order valence-corrected chi connectivity index (χ0v) is 15.3. The maximum absolute atomic E-state index is 6.03. The molecule has 0 spiro atoms. The predicted molar refractivity (Wildman–Crippen MR) is 104 cm³/mol. The molecule has 26 heavy (non-hydrogen) atoms. The van der Waals surface area contributed by atoms with Crippen molar-refractivity contribution in [2.45, 2.75) is 25.5 Å². The third kappa shape index (κ3) is 3.22. The van der Waals surface area contributed by atoms with Crippen molar-refractivity contribution in [1.82, 2.24) is 14.8 Å². The minimum atomic E-state index is -0.00245. The van der Waals surface area contributed by atoms with E-state index in [1.54, 1.807) is 0 Å². The van der Waals surface area contributed by atoms with Gasteiger partial charge < -0.3 is 9.64 Å². The van der Waals surface area contributed by atoms with Crippen LogP contribution in [0.1, 0.15) is 25.5 Å². The van der Waals surface area contributed by atoms with Crippen LogP contribution >= 0.6 is 0 Å². The molecule has 3 aromatic rings. The highest BCUT2D eigenvalue weighted by atomic mass is 16.5. The lowest BCUT2D eigenvalue weighted by Crippen LogP contribution is -2.20. The molecule has 1 aliphatic rings. The standard InChI is InChI=1S/C21H24N4O/c1-24(2)18-7-5-6-17(14-18)21-19(16-9-11-22-12-10-16)15-23-25(21)20-8-3-4-13-26-20/h5-7,9-12,14-15,20H,3-4,8,13H2,1-2H3. The summed E-state index contributed by atoms with van der Waals surface area (Å²) in [7, 11) is 4.12. The van der Waals surface area contributed by atoms with Crippen molar-refractivity contribution >= 4 is 5.69 Å². The van der Waals surface area contributed by atoms with Gasteiger partial charge >= 0.3 is 0 Å². The van der Waals surface area contributed by atoms with Crippen LogP contribution < -0.4 is 4.90 Å². The summed E-state index contributed by atoms with van der Waals surface area (Å²) in [6.07, 6.45) is 8.89. The van der Waals surface area contributed by atoms with Gasteiger partial charge in [-0.25, -0.2) is 4.68 Å². The summed E-state index contributed by atoms with van der Waals surface area (Å²) in [5.41, 5.74) is 5.65. The van der Waals surface area contributed by atoms with E-state index < -0.39 is 0 Å². The molecule has 134 valence electrons. The van der Waals surface area contributed by atoms with Gasteiger partial charge in [0.05, 0.1) is 11.9 Å². The van der Waals surface area contributed by atoms with E-state index in [1.807, 2.05) is 30.7 Å². The van der Waals surface area contributed by atoms with E-state index in [0.717, 1.165) is 41.8 Å². The fourth-order valence-electron chi connectivity index (χ4n) is 3.46. The molecular weight excluding hydrogens is 324 g/mol. The normalized spacial score (nSPS) is 17.2. The Morgan fingerprint density at radius 1 is 1.08 bits per heavy atom. The van der Waals surface area contributed by atoms with Crippen molar-refractivity contribution in [3.63, 3.8) is 0 Å². The summed E-state index contributed by atoms with van der Waals surface area (Å²) in [5, 5.41) is 4.72. The fourth-order valence-corrected chi connectivity index (χ4v) is 3.46. The van der Waals surface area contributed by atoms with Crippen molar-refractivity contribution in [1.29, 1.82) is 0 Å². The number of hydrogen-bond donors (Lipinski definition) is 0. The molecule has 1 aromatic carbocycles. The molecule has 5 heteroatoms. The molecule has 4 rings (SSSR count). The van der Waals surface area contributed by atoms with Gasteiger partial charge in [-0.1, -0.05) is 12.1 Å². The summed E-state index contributed by atoms with van der Waals surface area (Å²) in [5.74, 6) is 0. The van der Waals surface area contributed by atoms with E-state index >= 15 is 0 Å². The SMILES string of the molecule is CN(C)c1cccc(-c2c(-c3ccncc3)cnn2C2CCCCO2)c1. The van der Waals surface area contributed by atoms with Gasteiger partial charge in [0.25, 0.3) is 0 Å². The number of nitrogens with zero attached hydrogens (tertiary/aromatic N) is 4. The summed E-state index contributed by atoms with van der Waals surface area (Å²) in [6, 6.07) is 12.6. The second kappa shape index (κ2) is 7.30. The average molecular weight is 348 g/mol. The van der Waals surface area contributed by atoms with E-state index in [-0.39, 0.29) is 6.23 Å². The zero-order chi connectivity index (χ0) is 17.9. The van der Waals surface area contributed by atoms with Gasteiger partial charge in [0.15, 0.2) is 6.23 Å². The van der Waals surface area contributed by atoms with Gasteiger partial charge in [0.2, 0.25) is 0 Å². The lowest BCUT2D eigenvalue weighted by molar-refractivity contribution is -0.0383. The molecule has 1 unspecified atom stereocenters. The maximum atomic E-state index is 6.03. The first-order valence-corrected chi connectivity index (χ1v) is 9.11. The predicted octanol–water partition coefficient (Wildman–Crippen LogP) is 4.38. The molecule has 5 nitrogen and oxygen atoms in total. The molecule has 3 heterocycles. The largest absolute Gasteiger partial charge is 0.378 e. The first-order valence-electron chi connectivity index (χ1n) is 9.11. The molecule has 1 atom stereocenters. The highest BCUT2D eigenvalue weighted by Crippen LogP contribution is 2.37. The maximum Gasteiger partial charge on any atom is 0.150 e. The number of anilines is 1. The van der Waals surface area contributed by atoms with Gasteiger partial charge in [-0.05, 0) is 49.1 Å². The number of hydrogen-bond acceptors (Lipinski definition) is 4. The van der Waals surface area contributed by atoms with E-state index in [2.05, 4.69) is 52.9 Å². The Labute approximate surface area is 154 Å². The lowest BCUT2D eigenvalue weighted by Gasteiger charge is -2.25. The van der Waals surface area contributed by atoms with Crippen LogP contribution in [0.5, 0.6) is 0 Å². The van der Waals surface area contributed by atoms with Crippen molar-refractivity contribution in [2.75, 3.05) is 25.6 Å². The second-order valence-electron chi connectivity index (χ2n) is 6.85. The van der Waals surface area contributed by atoms with Gasteiger partial charge in [0.1, 0.15) is 0 Å². The highest BCUT2D eigenvalue weighted by Gasteiger charge is 2.23. The van der Waals surface area contributed by atoms with Crippen LogP contribution in [-0.2, 0) is 4.74 Å². The first kappa shape index (κ1) is 16.8. The Morgan fingerprint density at radius 2 is 1.92 bits per heavy atom. The lowest BCUT2D eigenvalue weighted by atomic mass is 10.0. The quantitative estimate of drug-likeness (QED) is 0.702. The Bertz CT molecular complexity index is 867. The molecule has 0 radical (unpaired) electrons. The van der Waals surface area contributed by atoms with Crippen molar-refractivity contribution in [3.05, 3.63) is 55.0 Å². The second-order valence-corrected chi connectivity index (χ2v) is 6.85. The van der Waals surface area contributed by atoms with E-state index in [0.29, 0.717) is 0 Å². The van der Waals surface area contributed by atoms with Crippen LogP contribution in [-0.4, -0.2) is 35.5 Å². The van der Waals surface area contributed by atoms with Gasteiger partial charge in [0, 0.05) is 49.9 Å². The minimum Gasteiger partial charge on any atom is -0.378 e. The van der Waals surface area contributed by atoms with Crippen LogP contribution in [0.2, 0.25) is 0 Å². The number of aromatic nitrogens is 3.